The van der Waals surface area contributed by atoms with Gasteiger partial charge in [0, 0.05) is 25.9 Å². The molecule has 2 amide bonds. The van der Waals surface area contributed by atoms with Gasteiger partial charge in [-0.3, -0.25) is 9.59 Å². The molecule has 0 radical (unpaired) electrons. The predicted octanol–water partition coefficient (Wildman–Crippen LogP) is 0.669. The van der Waals surface area contributed by atoms with Crippen molar-refractivity contribution in [3.63, 3.8) is 0 Å². The van der Waals surface area contributed by atoms with Gasteiger partial charge in [0.1, 0.15) is 5.71 Å². The Balaban J connectivity index is 1.40. The Hall–Kier alpha value is -2.75. The monoisotopic (exact) mass is 447 g/mol. The van der Waals surface area contributed by atoms with E-state index >= 15 is 0 Å². The molecule has 31 heavy (non-hydrogen) atoms. The predicted molar refractivity (Wildman–Crippen MR) is 112 cm³/mol. The quantitative estimate of drug-likeness (QED) is 0.627. The molecule has 3 heterocycles. The zero-order chi connectivity index (χ0) is 22.2. The average molecular weight is 448 g/mol. The van der Waals surface area contributed by atoms with E-state index in [2.05, 4.69) is 5.10 Å². The van der Waals surface area contributed by atoms with Crippen molar-refractivity contribution in [1.82, 2.24) is 9.91 Å². The summed E-state index contributed by atoms with van der Waals surface area (Å²) in [6.45, 7) is 2.55. The van der Waals surface area contributed by atoms with Crippen LogP contribution < -0.4 is 0 Å². The van der Waals surface area contributed by atoms with E-state index in [9.17, 15) is 22.8 Å². The third-order valence-corrected chi connectivity index (χ3v) is 7.67. The van der Waals surface area contributed by atoms with Crippen molar-refractivity contribution in [1.29, 1.82) is 0 Å². The van der Waals surface area contributed by atoms with Crippen molar-refractivity contribution >= 4 is 33.3 Å². The van der Waals surface area contributed by atoms with Crippen LogP contribution in [0.3, 0.4) is 0 Å². The number of carbonyl (C=O) groups is 3. The smallest absolute Gasteiger partial charge is 0.355 e. The summed E-state index contributed by atoms with van der Waals surface area (Å²) >= 11 is 0. The van der Waals surface area contributed by atoms with E-state index in [-0.39, 0.29) is 41.9 Å². The topological polar surface area (TPSA) is 113 Å². The molecular weight excluding hydrogens is 422 g/mol. The first-order valence-electron chi connectivity index (χ1n) is 10.4. The summed E-state index contributed by atoms with van der Waals surface area (Å²) in [7, 11) is -3.20. The second-order valence-corrected chi connectivity index (χ2v) is 10.4. The van der Waals surface area contributed by atoms with Crippen LogP contribution in [0, 0.1) is 0 Å². The number of hydrogen-bond acceptors (Lipinski definition) is 7. The molecule has 0 spiro atoms. The summed E-state index contributed by atoms with van der Waals surface area (Å²) in [5.74, 6) is -1.50. The first-order valence-corrected chi connectivity index (χ1v) is 12.2. The van der Waals surface area contributed by atoms with Crippen LogP contribution in [-0.4, -0.2) is 72.0 Å². The summed E-state index contributed by atoms with van der Waals surface area (Å²) in [4.78, 5) is 39.3. The molecular formula is C21H25N3O6S. The first-order chi connectivity index (χ1) is 14.7. The summed E-state index contributed by atoms with van der Waals surface area (Å²) in [5, 5.41) is 5.21. The van der Waals surface area contributed by atoms with Crippen molar-refractivity contribution in [3.8, 4) is 0 Å². The number of sulfone groups is 1. The maximum atomic E-state index is 12.8. The highest BCUT2D eigenvalue weighted by molar-refractivity contribution is 7.91. The molecule has 166 valence electrons. The Morgan fingerprint density at radius 3 is 2.61 bits per heavy atom. The molecule has 0 aromatic heterocycles. The van der Waals surface area contributed by atoms with Gasteiger partial charge >= 0.3 is 5.97 Å². The van der Waals surface area contributed by atoms with E-state index in [1.54, 1.807) is 4.90 Å². The number of nitrogens with zero attached hydrogens (tertiary/aromatic N) is 3. The van der Waals surface area contributed by atoms with Gasteiger partial charge in [0.2, 0.25) is 5.91 Å². The SMILES string of the molecule is CC(OC(=O)C1=NN(C2CCS(=O)(=O)C2)C(=O)CC1)C(=O)N1CCc2ccccc2C1. The Morgan fingerprint density at radius 2 is 1.90 bits per heavy atom. The Kier molecular flexibility index (Phi) is 5.83. The van der Waals surface area contributed by atoms with Gasteiger partial charge in [-0.25, -0.2) is 18.2 Å². The molecule has 9 nitrogen and oxygen atoms in total. The number of amides is 2. The molecule has 1 aromatic carbocycles. The van der Waals surface area contributed by atoms with Crippen LogP contribution in [-0.2, 0) is 41.9 Å². The van der Waals surface area contributed by atoms with E-state index in [4.69, 9.17) is 4.74 Å². The molecule has 4 rings (SSSR count). The van der Waals surface area contributed by atoms with Crippen LogP contribution in [0.25, 0.3) is 0 Å². The van der Waals surface area contributed by atoms with Crippen molar-refractivity contribution in [2.75, 3.05) is 18.1 Å². The molecule has 10 heteroatoms. The number of esters is 1. The Labute approximate surface area is 180 Å². The summed E-state index contributed by atoms with van der Waals surface area (Å²) in [6, 6.07) is 7.37. The second-order valence-electron chi connectivity index (χ2n) is 8.17. The Bertz CT molecular complexity index is 1050. The zero-order valence-corrected chi connectivity index (χ0v) is 18.1. The highest BCUT2D eigenvalue weighted by Gasteiger charge is 2.38. The fourth-order valence-corrected chi connectivity index (χ4v) is 5.88. The van der Waals surface area contributed by atoms with Crippen molar-refractivity contribution in [2.45, 2.75) is 51.3 Å². The fraction of sp³-hybridized carbons (Fsp3) is 0.524. The highest BCUT2D eigenvalue weighted by Crippen LogP contribution is 2.23. The molecule has 1 saturated heterocycles. The van der Waals surface area contributed by atoms with Gasteiger partial charge in [-0.05, 0) is 30.9 Å². The van der Waals surface area contributed by atoms with E-state index in [1.807, 2.05) is 24.3 Å². The Morgan fingerprint density at radius 1 is 1.16 bits per heavy atom. The number of rotatable bonds is 4. The lowest BCUT2D eigenvalue weighted by molar-refractivity contribution is -0.154. The molecule has 0 N–H and O–H groups in total. The first kappa shape index (κ1) is 21.5. The molecule has 1 aromatic rings. The van der Waals surface area contributed by atoms with E-state index in [0.717, 1.165) is 17.0 Å². The normalized spacial score (nSPS) is 23.7. The minimum Gasteiger partial charge on any atom is -0.448 e. The minimum atomic E-state index is -3.20. The van der Waals surface area contributed by atoms with Gasteiger partial charge in [0.05, 0.1) is 17.5 Å². The standard InChI is InChI=1S/C21H25N3O6S/c1-14(20(26)23-10-8-15-4-2-3-5-16(15)12-23)30-21(27)18-6-7-19(25)24(22-18)17-9-11-31(28,29)13-17/h2-5,14,17H,6-13H2,1H3. The molecule has 1 fully saturated rings. The molecule has 0 bridgehead atoms. The van der Waals surface area contributed by atoms with Gasteiger partial charge in [0.25, 0.3) is 5.91 Å². The molecule has 2 atom stereocenters. The van der Waals surface area contributed by atoms with Crippen LogP contribution in [0.2, 0.25) is 0 Å². The van der Waals surface area contributed by atoms with Crippen LogP contribution in [0.4, 0.5) is 0 Å². The van der Waals surface area contributed by atoms with Gasteiger partial charge in [-0.1, -0.05) is 24.3 Å². The zero-order valence-electron chi connectivity index (χ0n) is 17.3. The third-order valence-electron chi connectivity index (χ3n) is 5.92. The van der Waals surface area contributed by atoms with Crippen molar-refractivity contribution < 1.29 is 27.5 Å². The largest absolute Gasteiger partial charge is 0.448 e. The lowest BCUT2D eigenvalue weighted by Crippen LogP contribution is -2.45. The van der Waals surface area contributed by atoms with E-state index in [0.29, 0.717) is 19.5 Å². The number of ether oxygens (including phenoxy) is 1. The minimum absolute atomic E-state index is 0.00124. The van der Waals surface area contributed by atoms with Crippen LogP contribution in [0.15, 0.2) is 29.4 Å². The summed E-state index contributed by atoms with van der Waals surface area (Å²) < 4.78 is 28.8. The number of hydrogen-bond donors (Lipinski definition) is 0. The van der Waals surface area contributed by atoms with Gasteiger partial charge < -0.3 is 9.64 Å². The van der Waals surface area contributed by atoms with Gasteiger partial charge in [-0.15, -0.1) is 0 Å². The van der Waals surface area contributed by atoms with Gasteiger partial charge in [-0.2, -0.15) is 5.10 Å². The number of fused-ring (bicyclic) bond motifs is 1. The molecule has 2 unspecified atom stereocenters. The highest BCUT2D eigenvalue weighted by atomic mass is 32.2. The number of hydrazone groups is 1. The van der Waals surface area contributed by atoms with Crippen LogP contribution in [0.1, 0.15) is 37.3 Å². The summed E-state index contributed by atoms with van der Waals surface area (Å²) in [5.41, 5.74) is 2.33. The number of carbonyl (C=O) groups excluding carboxylic acids is 3. The number of benzene rings is 1. The fourth-order valence-electron chi connectivity index (χ4n) is 4.19. The van der Waals surface area contributed by atoms with Gasteiger partial charge in [0.15, 0.2) is 15.9 Å². The van der Waals surface area contributed by atoms with E-state index < -0.39 is 28.0 Å². The average Bonchev–Trinajstić information content (AvgIpc) is 3.12. The molecule has 3 aliphatic heterocycles. The van der Waals surface area contributed by atoms with E-state index in [1.165, 1.54) is 12.5 Å². The third kappa shape index (κ3) is 4.63. The van der Waals surface area contributed by atoms with Crippen molar-refractivity contribution in [3.05, 3.63) is 35.4 Å². The molecule has 3 aliphatic rings. The lowest BCUT2D eigenvalue weighted by atomic mass is 9.99. The van der Waals surface area contributed by atoms with Crippen LogP contribution in [0.5, 0.6) is 0 Å². The second kappa shape index (κ2) is 8.41. The maximum Gasteiger partial charge on any atom is 0.355 e. The van der Waals surface area contributed by atoms with Crippen molar-refractivity contribution in [2.24, 2.45) is 5.10 Å². The lowest BCUT2D eigenvalue weighted by Gasteiger charge is -2.31. The molecule has 0 saturated carbocycles. The maximum absolute atomic E-state index is 12.8. The van der Waals surface area contributed by atoms with Crippen LogP contribution >= 0.6 is 0 Å². The summed E-state index contributed by atoms with van der Waals surface area (Å²) in [6.07, 6.45) is 0.210. The molecule has 0 aliphatic carbocycles.